The third-order valence-electron chi connectivity index (χ3n) is 3.81. The number of aromatic nitrogens is 1. The summed E-state index contributed by atoms with van der Waals surface area (Å²) >= 11 is 7.24. The number of pyridine rings is 1. The maximum atomic E-state index is 12.7. The smallest absolute Gasteiger partial charge is 0.276 e. The van der Waals surface area contributed by atoms with Crippen LogP contribution in [0, 0.1) is 10.1 Å². The fraction of sp³-hybridized carbons (Fsp3) is 0.0500. The van der Waals surface area contributed by atoms with Gasteiger partial charge in [0.1, 0.15) is 5.69 Å². The van der Waals surface area contributed by atoms with Gasteiger partial charge >= 0.3 is 0 Å². The Morgan fingerprint density at radius 1 is 1.31 bits per heavy atom. The van der Waals surface area contributed by atoms with E-state index in [1.54, 1.807) is 60.8 Å². The van der Waals surface area contributed by atoms with E-state index >= 15 is 0 Å². The summed E-state index contributed by atoms with van der Waals surface area (Å²) in [4.78, 5) is 33.7. The fourth-order valence-electron chi connectivity index (χ4n) is 2.49. The highest BCUT2D eigenvalue weighted by molar-refractivity contribution is 8.18. The molecule has 29 heavy (non-hydrogen) atoms. The SMILES string of the molecule is C=CCN1C(=O)/C(=C/C=C/c2ccccc2[N+](=O)[O-])SC1=Nc1cccnc1Cl. The minimum Gasteiger partial charge on any atom is -0.283 e. The third-order valence-corrected chi connectivity index (χ3v) is 5.13. The highest BCUT2D eigenvalue weighted by Crippen LogP contribution is 2.34. The van der Waals surface area contributed by atoms with Crippen LogP contribution in [0.4, 0.5) is 11.4 Å². The maximum absolute atomic E-state index is 12.7. The van der Waals surface area contributed by atoms with E-state index in [1.165, 1.54) is 22.7 Å². The van der Waals surface area contributed by atoms with Gasteiger partial charge in [-0.05, 0) is 42.1 Å². The number of para-hydroxylation sites is 1. The van der Waals surface area contributed by atoms with Gasteiger partial charge in [0, 0.05) is 18.8 Å². The molecule has 0 spiro atoms. The number of nitro groups is 1. The van der Waals surface area contributed by atoms with Crippen molar-refractivity contribution in [2.24, 2.45) is 4.99 Å². The maximum Gasteiger partial charge on any atom is 0.276 e. The van der Waals surface area contributed by atoms with Crippen molar-refractivity contribution in [3.63, 3.8) is 0 Å². The number of nitro benzene ring substituents is 1. The Hall–Kier alpha value is -3.23. The Balaban J connectivity index is 1.89. The number of benzene rings is 1. The van der Waals surface area contributed by atoms with E-state index in [0.717, 1.165) is 0 Å². The monoisotopic (exact) mass is 426 g/mol. The molecule has 1 amide bonds. The van der Waals surface area contributed by atoms with Gasteiger partial charge in [-0.15, -0.1) is 6.58 Å². The molecule has 7 nitrogen and oxygen atoms in total. The molecule has 1 aliphatic heterocycles. The molecule has 0 atom stereocenters. The molecule has 0 radical (unpaired) electrons. The number of hydrogen-bond acceptors (Lipinski definition) is 6. The standard InChI is InChI=1S/C20H15ClN4O3S/c1-2-13-24-19(26)17(29-20(24)23-15-9-6-12-22-18(15)21)11-5-8-14-7-3-4-10-16(14)25(27)28/h2-12H,1,13H2/b8-5+,17-11-,23-20?. The Labute approximate surface area is 176 Å². The average molecular weight is 427 g/mol. The van der Waals surface area contributed by atoms with Crippen molar-refractivity contribution in [3.05, 3.63) is 93.1 Å². The van der Waals surface area contributed by atoms with Gasteiger partial charge in [0.15, 0.2) is 10.3 Å². The molecule has 2 aromatic rings. The molecule has 0 bridgehead atoms. The second-order valence-electron chi connectivity index (χ2n) is 5.72. The van der Waals surface area contributed by atoms with Crippen molar-refractivity contribution >= 4 is 51.9 Å². The molecule has 1 aromatic heterocycles. The number of carbonyl (C=O) groups excluding carboxylic acids is 1. The van der Waals surface area contributed by atoms with Crippen LogP contribution in [0.2, 0.25) is 5.15 Å². The first-order valence-electron chi connectivity index (χ1n) is 8.43. The van der Waals surface area contributed by atoms with Crippen molar-refractivity contribution in [3.8, 4) is 0 Å². The van der Waals surface area contributed by atoms with Gasteiger partial charge in [0.05, 0.1) is 15.4 Å². The number of hydrogen-bond donors (Lipinski definition) is 0. The molecule has 1 aromatic carbocycles. The van der Waals surface area contributed by atoms with E-state index in [9.17, 15) is 14.9 Å². The molecule has 0 N–H and O–H groups in total. The first kappa shape index (κ1) is 20.5. The topological polar surface area (TPSA) is 88.7 Å². The molecule has 0 saturated carbocycles. The summed E-state index contributed by atoms with van der Waals surface area (Å²) in [6.07, 6.45) is 7.95. The third kappa shape index (κ3) is 4.79. The van der Waals surface area contributed by atoms with Crippen LogP contribution in [-0.2, 0) is 4.79 Å². The normalized spacial score (nSPS) is 16.9. The van der Waals surface area contributed by atoms with Gasteiger partial charge in [-0.1, -0.05) is 35.9 Å². The number of amidine groups is 1. The van der Waals surface area contributed by atoms with Gasteiger partial charge in [0.2, 0.25) is 0 Å². The van der Waals surface area contributed by atoms with E-state index < -0.39 is 4.92 Å². The van der Waals surface area contributed by atoms with Gasteiger partial charge in [-0.2, -0.15) is 0 Å². The van der Waals surface area contributed by atoms with E-state index in [1.807, 2.05) is 0 Å². The van der Waals surface area contributed by atoms with Gasteiger partial charge in [0.25, 0.3) is 11.6 Å². The van der Waals surface area contributed by atoms with Crippen LogP contribution in [0.3, 0.4) is 0 Å². The summed E-state index contributed by atoms with van der Waals surface area (Å²) in [7, 11) is 0. The molecule has 146 valence electrons. The van der Waals surface area contributed by atoms with Crippen LogP contribution in [0.1, 0.15) is 5.56 Å². The lowest BCUT2D eigenvalue weighted by Crippen LogP contribution is -2.29. The van der Waals surface area contributed by atoms with Crippen molar-refractivity contribution in [2.45, 2.75) is 0 Å². The van der Waals surface area contributed by atoms with Crippen LogP contribution in [0.5, 0.6) is 0 Å². The first-order valence-corrected chi connectivity index (χ1v) is 9.62. The van der Waals surface area contributed by atoms with Crippen LogP contribution < -0.4 is 0 Å². The summed E-state index contributed by atoms with van der Waals surface area (Å²) < 4.78 is 0. The number of aliphatic imine (C=N–C) groups is 1. The van der Waals surface area contributed by atoms with E-state index in [-0.39, 0.29) is 23.3 Å². The van der Waals surface area contributed by atoms with E-state index in [0.29, 0.717) is 21.3 Å². The lowest BCUT2D eigenvalue weighted by Gasteiger charge is -2.12. The van der Waals surface area contributed by atoms with Gasteiger partial charge < -0.3 is 0 Å². The predicted molar refractivity (Wildman–Crippen MR) is 116 cm³/mol. The molecule has 3 rings (SSSR count). The zero-order valence-electron chi connectivity index (χ0n) is 15.1. The zero-order valence-corrected chi connectivity index (χ0v) is 16.6. The van der Waals surface area contributed by atoms with Crippen LogP contribution in [0.15, 0.2) is 77.3 Å². The summed E-state index contributed by atoms with van der Waals surface area (Å²) in [6.45, 7) is 3.96. The molecule has 9 heteroatoms. The van der Waals surface area contributed by atoms with Crippen LogP contribution >= 0.6 is 23.4 Å². The Morgan fingerprint density at radius 3 is 2.83 bits per heavy atom. The van der Waals surface area contributed by atoms with Crippen molar-refractivity contribution in [1.82, 2.24) is 9.88 Å². The number of carbonyl (C=O) groups is 1. The second kappa shape index (κ2) is 9.31. The Bertz CT molecular complexity index is 1070. The highest BCUT2D eigenvalue weighted by Gasteiger charge is 2.32. The molecule has 0 unspecified atom stereocenters. The number of thioether (sulfide) groups is 1. The lowest BCUT2D eigenvalue weighted by molar-refractivity contribution is -0.385. The molecule has 1 saturated heterocycles. The number of nitrogens with zero attached hydrogens (tertiary/aromatic N) is 4. The van der Waals surface area contributed by atoms with Crippen LogP contribution in [-0.4, -0.2) is 32.4 Å². The summed E-state index contributed by atoms with van der Waals surface area (Å²) in [5.74, 6) is -0.235. The van der Waals surface area contributed by atoms with Gasteiger partial charge in [-0.25, -0.2) is 9.98 Å². The Morgan fingerprint density at radius 2 is 2.10 bits per heavy atom. The number of rotatable bonds is 6. The summed E-state index contributed by atoms with van der Waals surface area (Å²) in [6, 6.07) is 9.79. The fourth-order valence-corrected chi connectivity index (χ4v) is 3.61. The highest BCUT2D eigenvalue weighted by atomic mass is 35.5. The number of allylic oxidation sites excluding steroid dienone is 2. The minimum atomic E-state index is -0.448. The Kier molecular flexibility index (Phi) is 6.58. The van der Waals surface area contributed by atoms with Crippen molar-refractivity contribution < 1.29 is 9.72 Å². The van der Waals surface area contributed by atoms with Crippen LogP contribution in [0.25, 0.3) is 6.08 Å². The van der Waals surface area contributed by atoms with Crippen molar-refractivity contribution in [1.29, 1.82) is 0 Å². The largest absolute Gasteiger partial charge is 0.283 e. The molecule has 1 aliphatic rings. The number of amides is 1. The quantitative estimate of drug-likeness (QED) is 0.213. The summed E-state index contributed by atoms with van der Waals surface area (Å²) in [5, 5.41) is 11.8. The van der Waals surface area contributed by atoms with E-state index in [2.05, 4.69) is 16.6 Å². The molecular weight excluding hydrogens is 412 g/mol. The zero-order chi connectivity index (χ0) is 20.8. The van der Waals surface area contributed by atoms with Crippen molar-refractivity contribution in [2.75, 3.05) is 6.54 Å². The molecule has 1 fully saturated rings. The summed E-state index contributed by atoms with van der Waals surface area (Å²) in [5.41, 5.74) is 0.897. The lowest BCUT2D eigenvalue weighted by atomic mass is 10.1. The molecular formula is C20H15ClN4O3S. The predicted octanol–water partition coefficient (Wildman–Crippen LogP) is 4.99. The first-order chi connectivity index (χ1) is 14.0. The molecule has 2 heterocycles. The van der Waals surface area contributed by atoms with Gasteiger partial charge in [-0.3, -0.25) is 19.8 Å². The molecule has 0 aliphatic carbocycles. The number of halogens is 1. The van der Waals surface area contributed by atoms with E-state index in [4.69, 9.17) is 11.6 Å². The average Bonchev–Trinajstić information content (AvgIpc) is 2.99. The minimum absolute atomic E-state index is 0.00527. The second-order valence-corrected chi connectivity index (χ2v) is 7.09.